The number of rotatable bonds is 3. The molecule has 0 fully saturated rings. The van der Waals surface area contributed by atoms with Crippen LogP contribution in [0.5, 0.6) is 0 Å². The average molecular weight is 130 g/mol. The van der Waals surface area contributed by atoms with Crippen molar-refractivity contribution in [2.45, 2.75) is 31.8 Å². The van der Waals surface area contributed by atoms with E-state index in [0.29, 0.717) is 5.25 Å². The maximum Gasteiger partial charge on any atom is 0.101 e. The molecule has 1 atom stereocenters. The lowest BCUT2D eigenvalue weighted by Gasteiger charge is -2.11. The Morgan fingerprint density at radius 3 is 2.12 bits per heavy atom. The van der Waals surface area contributed by atoms with Crippen molar-refractivity contribution in [1.82, 2.24) is 0 Å². The lowest BCUT2D eigenvalue weighted by atomic mass is 9.96. The van der Waals surface area contributed by atoms with Crippen molar-refractivity contribution in [1.29, 1.82) is 0 Å². The molecule has 0 spiro atoms. The van der Waals surface area contributed by atoms with Crippen molar-refractivity contribution in [2.24, 2.45) is 5.92 Å². The summed E-state index contributed by atoms with van der Waals surface area (Å²) in [5.41, 5.74) is 0. The molecule has 0 aliphatic heterocycles. The minimum absolute atomic E-state index is 0.611. The van der Waals surface area contributed by atoms with E-state index in [4.69, 9.17) is 0 Å². The van der Waals surface area contributed by atoms with E-state index in [1.54, 1.807) is 0 Å². The molecule has 0 aromatic heterocycles. The quantitative estimate of drug-likeness (QED) is 0.433. The Labute approximate surface area is 58.9 Å². The van der Waals surface area contributed by atoms with Gasteiger partial charge in [-0.15, -0.1) is 0 Å². The summed E-state index contributed by atoms with van der Waals surface area (Å²) in [5.74, 6) is 0.735. The van der Waals surface area contributed by atoms with E-state index in [1.165, 1.54) is 12.7 Å². The Hall–Kier alpha value is 0.415. The standard InChI is InChI=1S/C6H15BS/c1-5(2)6(8)3-4-7/h5-6,8H,3-4,7H2,1-2H3. The molecule has 0 heterocycles. The molecule has 0 aromatic carbocycles. The van der Waals surface area contributed by atoms with Gasteiger partial charge in [0.25, 0.3) is 0 Å². The SMILES string of the molecule is BCCC(S)C(C)C. The van der Waals surface area contributed by atoms with Gasteiger partial charge in [0, 0.05) is 5.25 Å². The maximum absolute atomic E-state index is 4.40. The normalized spacial score (nSPS) is 14.5. The molecule has 0 amide bonds. The summed E-state index contributed by atoms with van der Waals surface area (Å²) in [6.07, 6.45) is 2.51. The molecule has 0 saturated heterocycles. The summed E-state index contributed by atoms with van der Waals surface area (Å²) >= 11 is 4.40. The zero-order valence-electron chi connectivity index (χ0n) is 6.02. The zero-order chi connectivity index (χ0) is 6.57. The number of thiol groups is 1. The fraction of sp³-hybridized carbons (Fsp3) is 1.00. The van der Waals surface area contributed by atoms with Gasteiger partial charge < -0.3 is 0 Å². The summed E-state index contributed by atoms with van der Waals surface area (Å²) in [7, 11) is 2.20. The highest BCUT2D eigenvalue weighted by molar-refractivity contribution is 7.81. The van der Waals surface area contributed by atoms with Crippen LogP contribution in [0.1, 0.15) is 20.3 Å². The Kier molecular flexibility index (Phi) is 4.53. The molecular formula is C6H15BS. The molecule has 0 aliphatic rings. The molecule has 0 saturated carbocycles. The van der Waals surface area contributed by atoms with Crippen LogP contribution < -0.4 is 0 Å². The van der Waals surface area contributed by atoms with E-state index in [9.17, 15) is 0 Å². The van der Waals surface area contributed by atoms with Gasteiger partial charge in [0.2, 0.25) is 0 Å². The number of hydrogen-bond acceptors (Lipinski definition) is 1. The van der Waals surface area contributed by atoms with Crippen molar-refractivity contribution < 1.29 is 0 Å². The lowest BCUT2D eigenvalue weighted by Crippen LogP contribution is -2.06. The minimum atomic E-state index is 0.611. The first kappa shape index (κ1) is 8.41. The maximum atomic E-state index is 4.40. The highest BCUT2D eigenvalue weighted by Crippen LogP contribution is 2.13. The molecule has 0 radical (unpaired) electrons. The van der Waals surface area contributed by atoms with Crippen LogP contribution in [0, 0.1) is 5.92 Å². The monoisotopic (exact) mass is 130 g/mol. The molecular weight excluding hydrogens is 115 g/mol. The molecule has 0 bridgehead atoms. The summed E-state index contributed by atoms with van der Waals surface area (Å²) in [6.45, 7) is 4.43. The predicted octanol–water partition coefficient (Wildman–Crippen LogP) is 1.38. The summed E-state index contributed by atoms with van der Waals surface area (Å²) < 4.78 is 0. The largest absolute Gasteiger partial charge is 0.176 e. The van der Waals surface area contributed by atoms with Crippen LogP contribution in [0.4, 0.5) is 0 Å². The second kappa shape index (κ2) is 4.31. The van der Waals surface area contributed by atoms with Gasteiger partial charge in [-0.05, 0) is 12.3 Å². The molecule has 1 unspecified atom stereocenters. The highest BCUT2D eigenvalue weighted by atomic mass is 32.1. The molecule has 8 heavy (non-hydrogen) atoms. The van der Waals surface area contributed by atoms with Crippen LogP contribution in [0.3, 0.4) is 0 Å². The van der Waals surface area contributed by atoms with Gasteiger partial charge in [-0.2, -0.15) is 12.6 Å². The average Bonchev–Trinajstić information content (AvgIpc) is 1.67. The van der Waals surface area contributed by atoms with Gasteiger partial charge in [0.15, 0.2) is 0 Å². The second-order valence-corrected chi connectivity index (χ2v) is 3.26. The summed E-state index contributed by atoms with van der Waals surface area (Å²) in [5, 5.41) is 0.611. The predicted molar refractivity (Wildman–Crippen MR) is 45.6 cm³/mol. The molecule has 0 rings (SSSR count). The van der Waals surface area contributed by atoms with Crippen LogP contribution in [0.25, 0.3) is 0 Å². The first-order chi connectivity index (χ1) is 3.68. The smallest absolute Gasteiger partial charge is 0.101 e. The van der Waals surface area contributed by atoms with Gasteiger partial charge >= 0.3 is 0 Å². The summed E-state index contributed by atoms with van der Waals surface area (Å²) in [4.78, 5) is 0. The molecule has 48 valence electrons. The van der Waals surface area contributed by atoms with Crippen LogP contribution in [0.2, 0.25) is 6.32 Å². The topological polar surface area (TPSA) is 0 Å². The van der Waals surface area contributed by atoms with Gasteiger partial charge in [0.1, 0.15) is 7.85 Å². The van der Waals surface area contributed by atoms with Crippen LogP contribution in [0.15, 0.2) is 0 Å². The van der Waals surface area contributed by atoms with E-state index in [0.717, 1.165) is 5.92 Å². The van der Waals surface area contributed by atoms with Crippen LogP contribution in [-0.2, 0) is 0 Å². The Morgan fingerprint density at radius 2 is 2.00 bits per heavy atom. The van der Waals surface area contributed by atoms with Crippen molar-refractivity contribution in [3.63, 3.8) is 0 Å². The molecule has 0 nitrogen and oxygen atoms in total. The summed E-state index contributed by atoms with van der Waals surface area (Å²) in [6, 6.07) is 0. The Morgan fingerprint density at radius 1 is 1.50 bits per heavy atom. The van der Waals surface area contributed by atoms with Crippen molar-refractivity contribution >= 4 is 20.5 Å². The zero-order valence-corrected chi connectivity index (χ0v) is 6.91. The third kappa shape index (κ3) is 3.42. The van der Waals surface area contributed by atoms with E-state index in [-0.39, 0.29) is 0 Å². The minimum Gasteiger partial charge on any atom is -0.176 e. The van der Waals surface area contributed by atoms with Crippen molar-refractivity contribution in [3.05, 3.63) is 0 Å². The third-order valence-electron chi connectivity index (χ3n) is 1.35. The van der Waals surface area contributed by atoms with Gasteiger partial charge in [-0.25, -0.2) is 0 Å². The Balaban J connectivity index is 3.17. The van der Waals surface area contributed by atoms with E-state index in [2.05, 4.69) is 34.3 Å². The molecule has 0 aromatic rings. The fourth-order valence-corrected chi connectivity index (χ4v) is 0.887. The molecule has 0 aliphatic carbocycles. The van der Waals surface area contributed by atoms with E-state index in [1.807, 2.05) is 0 Å². The van der Waals surface area contributed by atoms with Crippen molar-refractivity contribution in [2.75, 3.05) is 0 Å². The van der Waals surface area contributed by atoms with Gasteiger partial charge in [0.05, 0.1) is 0 Å². The Bertz CT molecular complexity index is 54.5. The van der Waals surface area contributed by atoms with Crippen LogP contribution in [-0.4, -0.2) is 13.1 Å². The third-order valence-corrected chi connectivity index (χ3v) is 2.21. The van der Waals surface area contributed by atoms with Crippen LogP contribution >= 0.6 is 12.6 Å². The van der Waals surface area contributed by atoms with Gasteiger partial charge in [-0.1, -0.05) is 20.2 Å². The second-order valence-electron chi connectivity index (χ2n) is 2.60. The molecule has 0 N–H and O–H groups in total. The molecule has 2 heteroatoms. The van der Waals surface area contributed by atoms with E-state index >= 15 is 0 Å². The number of hydrogen-bond donors (Lipinski definition) is 1. The van der Waals surface area contributed by atoms with Crippen molar-refractivity contribution in [3.8, 4) is 0 Å². The first-order valence-corrected chi connectivity index (χ1v) is 3.88. The fourth-order valence-electron chi connectivity index (χ4n) is 0.629. The van der Waals surface area contributed by atoms with E-state index < -0.39 is 0 Å². The van der Waals surface area contributed by atoms with Gasteiger partial charge in [-0.3, -0.25) is 0 Å². The lowest BCUT2D eigenvalue weighted by molar-refractivity contribution is 0.597. The first-order valence-electron chi connectivity index (χ1n) is 3.36. The highest BCUT2D eigenvalue weighted by Gasteiger charge is 2.04.